The monoisotopic (exact) mass is 502 g/mol. The molecule has 10 heteroatoms. The summed E-state index contributed by atoms with van der Waals surface area (Å²) in [6.45, 7) is 6.46. The summed E-state index contributed by atoms with van der Waals surface area (Å²) in [4.78, 5) is 19.8. The van der Waals surface area contributed by atoms with Gasteiger partial charge in [-0.1, -0.05) is 0 Å². The van der Waals surface area contributed by atoms with E-state index in [2.05, 4.69) is 10.3 Å². The van der Waals surface area contributed by atoms with Crippen molar-refractivity contribution in [2.24, 2.45) is 10.9 Å². The normalized spacial score (nSPS) is 24.7. The Balaban J connectivity index is 0.00000338. The number of carbonyl (C=O) groups excluding carboxylic acids is 1. The fraction of sp³-hybridized carbons (Fsp3) is 0.875. The summed E-state index contributed by atoms with van der Waals surface area (Å²) in [7, 11) is 0.261. The van der Waals surface area contributed by atoms with Crippen LogP contribution < -0.4 is 5.32 Å². The van der Waals surface area contributed by atoms with Crippen LogP contribution in [0.3, 0.4) is 0 Å². The van der Waals surface area contributed by atoms with E-state index in [0.717, 1.165) is 19.6 Å². The lowest BCUT2D eigenvalue weighted by molar-refractivity contribution is -0.127. The number of hydrogen-bond acceptors (Lipinski definition) is 5. The average molecular weight is 502 g/mol. The minimum Gasteiger partial charge on any atom is -0.381 e. The van der Waals surface area contributed by atoms with E-state index >= 15 is 0 Å². The zero-order chi connectivity index (χ0) is 18.7. The summed E-state index contributed by atoms with van der Waals surface area (Å²) < 4.78 is 29.0. The molecule has 26 heavy (non-hydrogen) atoms. The fourth-order valence-corrected chi connectivity index (χ4v) is 4.22. The second kappa shape index (κ2) is 9.54. The summed E-state index contributed by atoms with van der Waals surface area (Å²) in [6, 6.07) is 0. The lowest BCUT2D eigenvalue weighted by Crippen LogP contribution is -2.57. The Morgan fingerprint density at radius 1 is 1.38 bits per heavy atom. The Hall–Kier alpha value is -0.620. The molecule has 1 N–H and O–H groups in total. The van der Waals surface area contributed by atoms with E-state index in [1.807, 2.05) is 4.90 Å². The molecule has 2 fully saturated rings. The number of rotatable bonds is 4. The SMILES string of the molecule is CN(C)C(=O)CN=C(NCC1CCOC1)N1CCS(=O)(=O)C(C)(C)C1.I. The van der Waals surface area contributed by atoms with E-state index in [4.69, 9.17) is 4.74 Å². The highest BCUT2D eigenvalue weighted by Crippen LogP contribution is 2.23. The van der Waals surface area contributed by atoms with Crippen LogP contribution in [0.25, 0.3) is 0 Å². The number of amides is 1. The zero-order valence-electron chi connectivity index (χ0n) is 16.0. The average Bonchev–Trinajstić information content (AvgIpc) is 3.03. The highest BCUT2D eigenvalue weighted by atomic mass is 127. The molecule has 0 saturated carbocycles. The number of ether oxygens (including phenoxy) is 1. The van der Waals surface area contributed by atoms with Gasteiger partial charge in [0.25, 0.3) is 0 Å². The van der Waals surface area contributed by atoms with Crippen molar-refractivity contribution >= 4 is 45.7 Å². The second-order valence-corrected chi connectivity index (χ2v) is 10.3. The predicted octanol–water partition coefficient (Wildman–Crippen LogP) is 0.184. The van der Waals surface area contributed by atoms with Crippen molar-refractivity contribution in [2.45, 2.75) is 25.0 Å². The van der Waals surface area contributed by atoms with Crippen molar-refractivity contribution in [2.75, 3.05) is 59.2 Å². The maximum atomic E-state index is 12.2. The Kier molecular flexibility index (Phi) is 8.59. The molecule has 0 aliphatic carbocycles. The Labute approximate surface area is 173 Å². The van der Waals surface area contributed by atoms with Gasteiger partial charge in [-0.15, -0.1) is 24.0 Å². The van der Waals surface area contributed by atoms with Gasteiger partial charge in [0.05, 0.1) is 17.1 Å². The maximum Gasteiger partial charge on any atom is 0.243 e. The number of nitrogens with one attached hydrogen (secondary N) is 1. The molecule has 152 valence electrons. The Morgan fingerprint density at radius 2 is 2.08 bits per heavy atom. The number of guanidine groups is 1. The molecule has 2 aliphatic rings. The van der Waals surface area contributed by atoms with Crippen LogP contribution in [0.1, 0.15) is 20.3 Å². The van der Waals surface area contributed by atoms with E-state index in [9.17, 15) is 13.2 Å². The first-order valence-electron chi connectivity index (χ1n) is 8.66. The number of nitrogens with zero attached hydrogens (tertiary/aromatic N) is 3. The van der Waals surface area contributed by atoms with Crippen LogP contribution in [-0.2, 0) is 19.4 Å². The van der Waals surface area contributed by atoms with Gasteiger partial charge in [-0.2, -0.15) is 0 Å². The maximum absolute atomic E-state index is 12.2. The standard InChI is InChI=1S/C16H30N4O4S.HI/c1-16(2)12-20(6-8-25(16,22)23)15(18-10-14(21)19(3)4)17-9-13-5-7-24-11-13;/h13H,5-12H2,1-4H3,(H,17,18);1H. The van der Waals surface area contributed by atoms with Gasteiger partial charge in [-0.05, 0) is 20.3 Å². The molecular formula is C16H31IN4O4S. The van der Waals surface area contributed by atoms with Gasteiger partial charge >= 0.3 is 0 Å². The molecule has 1 unspecified atom stereocenters. The summed E-state index contributed by atoms with van der Waals surface area (Å²) in [5.74, 6) is 1.02. The molecule has 2 saturated heterocycles. The van der Waals surface area contributed by atoms with Crippen LogP contribution in [0.4, 0.5) is 0 Å². The van der Waals surface area contributed by atoms with E-state index in [0.29, 0.717) is 31.5 Å². The van der Waals surface area contributed by atoms with Gasteiger partial charge in [-0.25, -0.2) is 13.4 Å². The number of halogens is 1. The molecule has 0 aromatic rings. The molecule has 2 aliphatic heterocycles. The van der Waals surface area contributed by atoms with Gasteiger partial charge in [0, 0.05) is 46.3 Å². The van der Waals surface area contributed by atoms with Crippen molar-refractivity contribution in [3.63, 3.8) is 0 Å². The van der Waals surface area contributed by atoms with Crippen LogP contribution >= 0.6 is 24.0 Å². The van der Waals surface area contributed by atoms with Crippen molar-refractivity contribution < 1.29 is 17.9 Å². The molecular weight excluding hydrogens is 471 g/mol. The largest absolute Gasteiger partial charge is 0.381 e. The molecule has 8 nitrogen and oxygen atoms in total. The van der Waals surface area contributed by atoms with Gasteiger partial charge in [0.2, 0.25) is 5.91 Å². The van der Waals surface area contributed by atoms with Gasteiger partial charge in [0.15, 0.2) is 15.8 Å². The van der Waals surface area contributed by atoms with Gasteiger partial charge in [0.1, 0.15) is 6.54 Å². The summed E-state index contributed by atoms with van der Waals surface area (Å²) in [5.41, 5.74) is 0. The molecule has 0 spiro atoms. The molecule has 1 atom stereocenters. The quantitative estimate of drug-likeness (QED) is 0.335. The van der Waals surface area contributed by atoms with E-state index in [-0.39, 0.29) is 42.2 Å². The van der Waals surface area contributed by atoms with E-state index in [1.165, 1.54) is 4.90 Å². The number of carbonyl (C=O) groups is 1. The molecule has 0 aromatic heterocycles. The number of sulfone groups is 1. The topological polar surface area (TPSA) is 91.3 Å². The van der Waals surface area contributed by atoms with Crippen LogP contribution in [0.5, 0.6) is 0 Å². The molecule has 0 aromatic carbocycles. The van der Waals surface area contributed by atoms with Crippen molar-refractivity contribution in [3.05, 3.63) is 0 Å². The van der Waals surface area contributed by atoms with Crippen molar-refractivity contribution in [1.82, 2.24) is 15.1 Å². The van der Waals surface area contributed by atoms with Crippen molar-refractivity contribution in [3.8, 4) is 0 Å². The zero-order valence-corrected chi connectivity index (χ0v) is 19.2. The Bertz CT molecular complexity index is 616. The molecule has 0 radical (unpaired) electrons. The second-order valence-electron chi connectivity index (χ2n) is 7.54. The Morgan fingerprint density at radius 3 is 2.62 bits per heavy atom. The summed E-state index contributed by atoms with van der Waals surface area (Å²) in [5, 5.41) is 3.32. The summed E-state index contributed by atoms with van der Waals surface area (Å²) in [6.07, 6.45) is 0.997. The minimum atomic E-state index is -3.12. The molecule has 2 rings (SSSR count). The lowest BCUT2D eigenvalue weighted by atomic mass is 10.1. The van der Waals surface area contributed by atoms with Crippen LogP contribution in [-0.4, -0.2) is 94.1 Å². The number of hydrogen-bond donors (Lipinski definition) is 1. The first-order chi connectivity index (χ1) is 11.6. The van der Waals surface area contributed by atoms with Crippen LogP contribution in [0.15, 0.2) is 4.99 Å². The third-order valence-electron chi connectivity index (χ3n) is 4.78. The highest BCUT2D eigenvalue weighted by Gasteiger charge is 2.41. The first-order valence-corrected chi connectivity index (χ1v) is 10.3. The van der Waals surface area contributed by atoms with Gasteiger partial charge < -0.3 is 19.9 Å². The third kappa shape index (κ3) is 5.95. The fourth-order valence-electron chi connectivity index (χ4n) is 2.86. The first kappa shape index (κ1) is 23.4. The van der Waals surface area contributed by atoms with Crippen LogP contribution in [0.2, 0.25) is 0 Å². The van der Waals surface area contributed by atoms with Crippen LogP contribution in [0, 0.1) is 5.92 Å². The number of likely N-dealkylation sites (N-methyl/N-ethyl adjacent to an activating group) is 1. The van der Waals surface area contributed by atoms with Crippen molar-refractivity contribution in [1.29, 1.82) is 0 Å². The summed E-state index contributed by atoms with van der Waals surface area (Å²) >= 11 is 0. The highest BCUT2D eigenvalue weighted by molar-refractivity contribution is 14.0. The minimum absolute atomic E-state index is 0. The molecule has 1 amide bonds. The number of aliphatic imine (C=N–C) groups is 1. The molecule has 0 bridgehead atoms. The van der Waals surface area contributed by atoms with E-state index in [1.54, 1.807) is 27.9 Å². The van der Waals surface area contributed by atoms with E-state index < -0.39 is 14.6 Å². The van der Waals surface area contributed by atoms with Gasteiger partial charge in [-0.3, -0.25) is 4.79 Å². The smallest absolute Gasteiger partial charge is 0.243 e. The lowest BCUT2D eigenvalue weighted by Gasteiger charge is -2.39. The molecule has 2 heterocycles. The third-order valence-corrected chi connectivity index (χ3v) is 7.31. The predicted molar refractivity (Wildman–Crippen MR) is 113 cm³/mol.